The number of thioether (sulfide) groups is 1. The second-order valence-corrected chi connectivity index (χ2v) is 5.73. The minimum absolute atomic E-state index is 0.160. The monoisotopic (exact) mass is 199 g/mol. The predicted molar refractivity (Wildman–Crippen MR) is 50.6 cm³/mol. The van der Waals surface area contributed by atoms with Crippen molar-refractivity contribution >= 4 is 17.7 Å². The molecule has 2 saturated carbocycles. The maximum atomic E-state index is 10.8. The molecular formula is C9H13NO2S. The van der Waals surface area contributed by atoms with Gasteiger partial charge in [-0.25, -0.2) is 0 Å². The highest BCUT2D eigenvalue weighted by Crippen LogP contribution is 2.63. The molecule has 3 aliphatic rings. The molecule has 1 heterocycles. The first-order chi connectivity index (χ1) is 6.21. The van der Waals surface area contributed by atoms with Crippen molar-refractivity contribution in [2.24, 2.45) is 11.8 Å². The number of rotatable bonds is 1. The standard InChI is InChI=1S/C9H13NO2S/c11-8(12)7-4-13-9(10-7)2-1-5-3-6(5)9/h5-7,10H,1-4H2,(H,11,12). The van der Waals surface area contributed by atoms with Crippen molar-refractivity contribution in [3.63, 3.8) is 0 Å². The van der Waals surface area contributed by atoms with Crippen molar-refractivity contribution in [1.29, 1.82) is 0 Å². The largest absolute Gasteiger partial charge is 0.480 e. The van der Waals surface area contributed by atoms with Crippen molar-refractivity contribution in [3.05, 3.63) is 0 Å². The Bertz CT molecular complexity index is 270. The quantitative estimate of drug-likeness (QED) is 0.659. The van der Waals surface area contributed by atoms with Crippen LogP contribution in [0.1, 0.15) is 19.3 Å². The van der Waals surface area contributed by atoms with Crippen LogP contribution in [-0.2, 0) is 4.79 Å². The zero-order chi connectivity index (χ0) is 9.05. The van der Waals surface area contributed by atoms with Gasteiger partial charge in [-0.05, 0) is 31.1 Å². The number of carbonyl (C=O) groups is 1. The van der Waals surface area contributed by atoms with E-state index in [4.69, 9.17) is 5.11 Å². The topological polar surface area (TPSA) is 49.3 Å². The zero-order valence-corrected chi connectivity index (χ0v) is 8.14. The molecule has 3 rings (SSSR count). The third-order valence-corrected chi connectivity index (χ3v) is 5.27. The summed E-state index contributed by atoms with van der Waals surface area (Å²) in [6.07, 6.45) is 3.81. The fourth-order valence-electron chi connectivity index (χ4n) is 2.82. The van der Waals surface area contributed by atoms with E-state index in [0.29, 0.717) is 0 Å². The van der Waals surface area contributed by atoms with Gasteiger partial charge in [0.25, 0.3) is 0 Å². The van der Waals surface area contributed by atoms with Gasteiger partial charge in [-0.2, -0.15) is 0 Å². The van der Waals surface area contributed by atoms with Gasteiger partial charge in [-0.3, -0.25) is 10.1 Å². The highest BCUT2D eigenvalue weighted by Gasteiger charge is 2.61. The Balaban J connectivity index is 1.77. The molecule has 0 amide bonds. The first kappa shape index (κ1) is 8.12. The van der Waals surface area contributed by atoms with E-state index in [0.717, 1.165) is 17.6 Å². The van der Waals surface area contributed by atoms with Gasteiger partial charge in [0, 0.05) is 5.75 Å². The van der Waals surface area contributed by atoms with Crippen LogP contribution in [0, 0.1) is 11.8 Å². The van der Waals surface area contributed by atoms with Crippen molar-refractivity contribution in [2.75, 3.05) is 5.75 Å². The number of nitrogens with one attached hydrogen (secondary N) is 1. The molecule has 1 aliphatic heterocycles. The molecule has 72 valence electrons. The second kappa shape index (κ2) is 2.42. The summed E-state index contributed by atoms with van der Waals surface area (Å²) in [5.74, 6) is 1.75. The molecule has 2 aliphatic carbocycles. The summed E-state index contributed by atoms with van der Waals surface area (Å²) in [4.78, 5) is 10.9. The molecule has 4 unspecified atom stereocenters. The average molecular weight is 199 g/mol. The summed E-state index contributed by atoms with van der Waals surface area (Å²) in [6, 6.07) is -0.302. The number of aliphatic carboxylic acids is 1. The van der Waals surface area contributed by atoms with E-state index in [1.54, 1.807) is 0 Å². The molecule has 13 heavy (non-hydrogen) atoms. The van der Waals surface area contributed by atoms with Gasteiger partial charge in [0.05, 0.1) is 4.87 Å². The van der Waals surface area contributed by atoms with Gasteiger partial charge in [-0.15, -0.1) is 11.8 Å². The maximum absolute atomic E-state index is 10.8. The highest BCUT2D eigenvalue weighted by molar-refractivity contribution is 8.01. The summed E-state index contributed by atoms with van der Waals surface area (Å²) in [5.41, 5.74) is 0. The Morgan fingerprint density at radius 3 is 2.92 bits per heavy atom. The van der Waals surface area contributed by atoms with Crippen LogP contribution < -0.4 is 5.32 Å². The molecule has 0 bridgehead atoms. The van der Waals surface area contributed by atoms with E-state index in [9.17, 15) is 4.79 Å². The van der Waals surface area contributed by atoms with Crippen molar-refractivity contribution in [1.82, 2.24) is 5.32 Å². The normalized spacial score (nSPS) is 52.5. The third-order valence-electron chi connectivity index (χ3n) is 3.63. The van der Waals surface area contributed by atoms with Gasteiger partial charge in [0.2, 0.25) is 0 Å². The summed E-state index contributed by atoms with van der Waals surface area (Å²) < 4.78 is 0. The molecule has 0 aromatic rings. The summed E-state index contributed by atoms with van der Waals surface area (Å²) in [5, 5.41) is 12.2. The Labute approximate surface area is 81.3 Å². The van der Waals surface area contributed by atoms with Crippen LogP contribution in [0.3, 0.4) is 0 Å². The lowest BCUT2D eigenvalue weighted by Crippen LogP contribution is -2.45. The Hall–Kier alpha value is -0.220. The first-order valence-electron chi connectivity index (χ1n) is 4.86. The first-order valence-corrected chi connectivity index (χ1v) is 5.84. The molecule has 1 saturated heterocycles. The lowest BCUT2D eigenvalue weighted by Gasteiger charge is -2.25. The molecule has 0 aromatic heterocycles. The molecule has 2 N–H and O–H groups in total. The van der Waals surface area contributed by atoms with Gasteiger partial charge in [-0.1, -0.05) is 0 Å². The number of carboxylic acids is 1. The van der Waals surface area contributed by atoms with E-state index >= 15 is 0 Å². The summed E-state index contributed by atoms with van der Waals surface area (Å²) in [6.45, 7) is 0. The molecule has 0 aromatic carbocycles. The van der Waals surface area contributed by atoms with Gasteiger partial charge < -0.3 is 5.11 Å². The van der Waals surface area contributed by atoms with Gasteiger partial charge in [0.15, 0.2) is 0 Å². The Morgan fingerprint density at radius 2 is 2.46 bits per heavy atom. The predicted octanol–water partition coefficient (Wildman–Crippen LogP) is 0.902. The SMILES string of the molecule is O=C(O)C1CSC2(CCC3CC32)N1. The van der Waals surface area contributed by atoms with Crippen molar-refractivity contribution < 1.29 is 9.90 Å². The minimum Gasteiger partial charge on any atom is -0.480 e. The van der Waals surface area contributed by atoms with Crippen molar-refractivity contribution in [2.45, 2.75) is 30.2 Å². The second-order valence-electron chi connectivity index (χ2n) is 4.38. The number of hydrogen-bond donors (Lipinski definition) is 2. The van der Waals surface area contributed by atoms with Crippen LogP contribution in [0.2, 0.25) is 0 Å². The molecule has 1 spiro atoms. The third kappa shape index (κ3) is 1.05. The van der Waals surface area contributed by atoms with Gasteiger partial charge >= 0.3 is 5.97 Å². The minimum atomic E-state index is -0.687. The molecular weight excluding hydrogens is 186 g/mol. The lowest BCUT2D eigenvalue weighted by atomic mass is 10.1. The van der Waals surface area contributed by atoms with Crippen LogP contribution in [0.5, 0.6) is 0 Å². The van der Waals surface area contributed by atoms with E-state index in [1.807, 2.05) is 11.8 Å². The van der Waals surface area contributed by atoms with E-state index in [-0.39, 0.29) is 10.9 Å². The number of carboxylic acid groups (broad SMARTS) is 1. The van der Waals surface area contributed by atoms with Crippen LogP contribution in [0.25, 0.3) is 0 Å². The Kier molecular flexibility index (Phi) is 1.51. The molecule has 4 heteroatoms. The maximum Gasteiger partial charge on any atom is 0.321 e. The molecule has 4 atom stereocenters. The highest BCUT2D eigenvalue weighted by atomic mass is 32.2. The summed E-state index contributed by atoms with van der Waals surface area (Å²) in [7, 11) is 0. The van der Waals surface area contributed by atoms with E-state index < -0.39 is 5.97 Å². The molecule has 3 fully saturated rings. The van der Waals surface area contributed by atoms with Crippen LogP contribution in [0.4, 0.5) is 0 Å². The number of fused-ring (bicyclic) bond motifs is 2. The van der Waals surface area contributed by atoms with Crippen LogP contribution >= 0.6 is 11.8 Å². The zero-order valence-electron chi connectivity index (χ0n) is 7.32. The lowest BCUT2D eigenvalue weighted by molar-refractivity contribution is -0.138. The smallest absolute Gasteiger partial charge is 0.321 e. The number of hydrogen-bond acceptors (Lipinski definition) is 3. The Morgan fingerprint density at radius 1 is 1.62 bits per heavy atom. The van der Waals surface area contributed by atoms with E-state index in [1.165, 1.54) is 19.3 Å². The van der Waals surface area contributed by atoms with Gasteiger partial charge in [0.1, 0.15) is 6.04 Å². The molecule has 0 radical (unpaired) electrons. The molecule has 3 nitrogen and oxygen atoms in total. The fraction of sp³-hybridized carbons (Fsp3) is 0.889. The van der Waals surface area contributed by atoms with Crippen LogP contribution in [0.15, 0.2) is 0 Å². The fourth-order valence-corrected chi connectivity index (χ4v) is 4.51. The average Bonchev–Trinajstić information content (AvgIpc) is 2.66. The summed E-state index contributed by atoms with van der Waals surface area (Å²) >= 11 is 1.85. The van der Waals surface area contributed by atoms with Crippen molar-refractivity contribution in [3.8, 4) is 0 Å². The van der Waals surface area contributed by atoms with E-state index in [2.05, 4.69) is 5.32 Å². The van der Waals surface area contributed by atoms with Crippen LogP contribution in [-0.4, -0.2) is 27.7 Å².